The van der Waals surface area contributed by atoms with Gasteiger partial charge in [0.25, 0.3) is 0 Å². The average molecular weight is 207 g/mol. The number of hydrogen-bond donors (Lipinski definition) is 1. The zero-order valence-corrected chi connectivity index (χ0v) is 9.75. The second kappa shape index (κ2) is 4.84. The van der Waals surface area contributed by atoms with Crippen LogP contribution in [-0.4, -0.2) is 6.54 Å². The fourth-order valence-electron chi connectivity index (χ4n) is 1.99. The molecule has 1 saturated carbocycles. The molecule has 0 bridgehead atoms. The lowest BCUT2D eigenvalue weighted by atomic mass is 10.0. The van der Waals surface area contributed by atoms with Gasteiger partial charge >= 0.3 is 0 Å². The van der Waals surface area contributed by atoms with E-state index in [-0.39, 0.29) is 0 Å². The Bertz CT molecular complexity index is 301. The Morgan fingerprint density at radius 2 is 2.33 bits per heavy atom. The van der Waals surface area contributed by atoms with Crippen molar-refractivity contribution in [2.24, 2.45) is 5.92 Å². The molecule has 0 amide bonds. The van der Waals surface area contributed by atoms with E-state index in [9.17, 15) is 0 Å². The first-order valence-electron chi connectivity index (χ1n) is 6.08. The largest absolute Gasteiger partial charge is 0.469 e. The van der Waals surface area contributed by atoms with Crippen molar-refractivity contribution in [1.82, 2.24) is 5.32 Å². The molecular weight excluding hydrogens is 186 g/mol. The molecule has 0 saturated heterocycles. The van der Waals surface area contributed by atoms with Crippen LogP contribution in [-0.2, 0) is 0 Å². The molecule has 1 unspecified atom stereocenters. The van der Waals surface area contributed by atoms with Crippen molar-refractivity contribution in [1.29, 1.82) is 0 Å². The summed E-state index contributed by atoms with van der Waals surface area (Å²) in [7, 11) is 0. The Labute approximate surface area is 92.1 Å². The molecule has 0 spiro atoms. The van der Waals surface area contributed by atoms with Gasteiger partial charge in [-0.05, 0) is 38.3 Å². The van der Waals surface area contributed by atoms with Gasteiger partial charge in [0.1, 0.15) is 5.76 Å². The lowest BCUT2D eigenvalue weighted by molar-refractivity contribution is 0.464. The SMILES string of the molecule is CCCNC(CC1CC1)c1coc(C)c1. The smallest absolute Gasteiger partial charge is 0.101 e. The second-order valence-electron chi connectivity index (χ2n) is 4.68. The third-order valence-corrected chi connectivity index (χ3v) is 3.06. The standard InChI is InChI=1S/C13H21NO/c1-3-6-14-13(8-11-4-5-11)12-7-10(2)15-9-12/h7,9,11,13-14H,3-6,8H2,1-2H3. The first-order valence-corrected chi connectivity index (χ1v) is 6.08. The maximum absolute atomic E-state index is 5.39. The van der Waals surface area contributed by atoms with Crippen molar-refractivity contribution in [3.8, 4) is 0 Å². The van der Waals surface area contributed by atoms with E-state index in [2.05, 4.69) is 18.3 Å². The molecule has 2 rings (SSSR count). The van der Waals surface area contributed by atoms with E-state index in [1.54, 1.807) is 0 Å². The molecule has 1 aromatic heterocycles. The van der Waals surface area contributed by atoms with Gasteiger partial charge in [-0.25, -0.2) is 0 Å². The fourth-order valence-corrected chi connectivity index (χ4v) is 1.99. The molecule has 0 aliphatic heterocycles. The Kier molecular flexibility index (Phi) is 3.47. The van der Waals surface area contributed by atoms with Crippen molar-refractivity contribution in [2.45, 2.75) is 45.6 Å². The van der Waals surface area contributed by atoms with E-state index >= 15 is 0 Å². The Balaban J connectivity index is 1.96. The first kappa shape index (κ1) is 10.7. The van der Waals surface area contributed by atoms with Gasteiger partial charge in [-0.3, -0.25) is 0 Å². The summed E-state index contributed by atoms with van der Waals surface area (Å²) >= 11 is 0. The van der Waals surface area contributed by atoms with Crippen molar-refractivity contribution in [2.75, 3.05) is 6.54 Å². The number of furan rings is 1. The summed E-state index contributed by atoms with van der Waals surface area (Å²) in [5, 5.41) is 3.61. The van der Waals surface area contributed by atoms with E-state index in [0.717, 1.165) is 18.2 Å². The minimum absolute atomic E-state index is 0.509. The van der Waals surface area contributed by atoms with Gasteiger partial charge in [0.05, 0.1) is 6.26 Å². The van der Waals surface area contributed by atoms with Gasteiger partial charge in [-0.2, -0.15) is 0 Å². The highest BCUT2D eigenvalue weighted by Crippen LogP contribution is 2.37. The van der Waals surface area contributed by atoms with E-state index in [1.807, 2.05) is 13.2 Å². The Hall–Kier alpha value is -0.760. The minimum Gasteiger partial charge on any atom is -0.469 e. The van der Waals surface area contributed by atoms with Crippen LogP contribution in [0.1, 0.15) is 50.0 Å². The minimum atomic E-state index is 0.509. The molecule has 0 radical (unpaired) electrons. The molecule has 0 aromatic carbocycles. The third-order valence-electron chi connectivity index (χ3n) is 3.06. The van der Waals surface area contributed by atoms with E-state index in [4.69, 9.17) is 4.42 Å². The van der Waals surface area contributed by atoms with Crippen molar-refractivity contribution >= 4 is 0 Å². The molecule has 84 valence electrons. The summed E-state index contributed by atoms with van der Waals surface area (Å²) in [4.78, 5) is 0. The van der Waals surface area contributed by atoms with Crippen molar-refractivity contribution < 1.29 is 4.42 Å². The Morgan fingerprint density at radius 1 is 1.53 bits per heavy atom. The molecule has 15 heavy (non-hydrogen) atoms. The maximum atomic E-state index is 5.39. The molecule has 2 heteroatoms. The molecule has 1 heterocycles. The molecule has 1 atom stereocenters. The highest BCUT2D eigenvalue weighted by atomic mass is 16.3. The van der Waals surface area contributed by atoms with Crippen molar-refractivity contribution in [3.63, 3.8) is 0 Å². The van der Waals surface area contributed by atoms with E-state index in [1.165, 1.54) is 31.2 Å². The third kappa shape index (κ3) is 3.10. The highest BCUT2D eigenvalue weighted by Gasteiger charge is 2.26. The topological polar surface area (TPSA) is 25.2 Å². The normalized spacial score (nSPS) is 18.0. The van der Waals surface area contributed by atoms with Gasteiger partial charge in [-0.1, -0.05) is 19.8 Å². The van der Waals surface area contributed by atoms with Gasteiger partial charge in [0, 0.05) is 11.6 Å². The van der Waals surface area contributed by atoms with Crippen LogP contribution in [0.15, 0.2) is 16.7 Å². The molecule has 1 aliphatic rings. The van der Waals surface area contributed by atoms with Crippen LogP contribution in [0.25, 0.3) is 0 Å². The Morgan fingerprint density at radius 3 is 2.87 bits per heavy atom. The van der Waals surface area contributed by atoms with Crippen LogP contribution in [0, 0.1) is 12.8 Å². The second-order valence-corrected chi connectivity index (χ2v) is 4.68. The van der Waals surface area contributed by atoms with Crippen LogP contribution < -0.4 is 5.32 Å². The lowest BCUT2D eigenvalue weighted by Crippen LogP contribution is -2.22. The first-order chi connectivity index (χ1) is 7.29. The molecule has 1 fully saturated rings. The van der Waals surface area contributed by atoms with Gasteiger partial charge in [0.2, 0.25) is 0 Å². The molecule has 1 N–H and O–H groups in total. The summed E-state index contributed by atoms with van der Waals surface area (Å²) in [5.41, 5.74) is 1.33. The zero-order valence-electron chi connectivity index (χ0n) is 9.75. The number of rotatable bonds is 6. The van der Waals surface area contributed by atoms with Crippen LogP contribution in [0.2, 0.25) is 0 Å². The zero-order chi connectivity index (χ0) is 10.7. The summed E-state index contributed by atoms with van der Waals surface area (Å²) in [6, 6.07) is 2.67. The lowest BCUT2D eigenvalue weighted by Gasteiger charge is -2.16. The maximum Gasteiger partial charge on any atom is 0.101 e. The molecule has 2 nitrogen and oxygen atoms in total. The average Bonchev–Trinajstić information content (AvgIpc) is 2.94. The van der Waals surface area contributed by atoms with Gasteiger partial charge in [-0.15, -0.1) is 0 Å². The summed E-state index contributed by atoms with van der Waals surface area (Å²) in [5.74, 6) is 1.97. The van der Waals surface area contributed by atoms with E-state index < -0.39 is 0 Å². The summed E-state index contributed by atoms with van der Waals surface area (Å²) < 4.78 is 5.39. The monoisotopic (exact) mass is 207 g/mol. The fraction of sp³-hybridized carbons (Fsp3) is 0.692. The highest BCUT2D eigenvalue weighted by molar-refractivity contribution is 5.16. The number of nitrogens with one attached hydrogen (secondary N) is 1. The van der Waals surface area contributed by atoms with Crippen molar-refractivity contribution in [3.05, 3.63) is 23.7 Å². The van der Waals surface area contributed by atoms with Crippen LogP contribution >= 0.6 is 0 Å². The molecular formula is C13H21NO. The number of aryl methyl sites for hydroxylation is 1. The predicted molar refractivity (Wildman–Crippen MR) is 61.8 cm³/mol. The summed E-state index contributed by atoms with van der Waals surface area (Å²) in [6.45, 7) is 5.32. The van der Waals surface area contributed by atoms with Crippen LogP contribution in [0.4, 0.5) is 0 Å². The molecule has 1 aliphatic carbocycles. The van der Waals surface area contributed by atoms with Crippen LogP contribution in [0.5, 0.6) is 0 Å². The molecule has 1 aromatic rings. The quantitative estimate of drug-likeness (QED) is 0.773. The van der Waals surface area contributed by atoms with Gasteiger partial charge < -0.3 is 9.73 Å². The summed E-state index contributed by atoms with van der Waals surface area (Å²) in [6.07, 6.45) is 7.21. The van der Waals surface area contributed by atoms with Crippen LogP contribution in [0.3, 0.4) is 0 Å². The predicted octanol–water partition coefficient (Wildman–Crippen LogP) is 3.43. The van der Waals surface area contributed by atoms with E-state index in [0.29, 0.717) is 6.04 Å². The van der Waals surface area contributed by atoms with Gasteiger partial charge in [0.15, 0.2) is 0 Å². The number of hydrogen-bond acceptors (Lipinski definition) is 2.